The fourth-order valence-electron chi connectivity index (χ4n) is 3.16. The molecule has 2 N–H and O–H groups in total. The third-order valence-corrected chi connectivity index (χ3v) is 5.50. The molecule has 0 saturated heterocycles. The summed E-state index contributed by atoms with van der Waals surface area (Å²) < 4.78 is 1.96. The quantitative estimate of drug-likeness (QED) is 0.263. The van der Waals surface area contributed by atoms with Crippen LogP contribution in [0.2, 0.25) is 0 Å². The van der Waals surface area contributed by atoms with Crippen molar-refractivity contribution in [2.45, 2.75) is 18.6 Å². The van der Waals surface area contributed by atoms with Crippen LogP contribution in [0, 0.1) is 10.1 Å². The Balaban J connectivity index is 1.48. The molecule has 0 aliphatic rings. The number of carbonyl (C=O) groups is 1. The van der Waals surface area contributed by atoms with Crippen LogP contribution in [0.3, 0.4) is 0 Å². The maximum Gasteiger partial charge on any atom is 0.271 e. The van der Waals surface area contributed by atoms with E-state index in [9.17, 15) is 14.9 Å². The highest BCUT2D eigenvalue weighted by atomic mass is 32.2. The van der Waals surface area contributed by atoms with Gasteiger partial charge in [-0.3, -0.25) is 14.9 Å². The molecule has 0 aliphatic heterocycles. The SMILES string of the molecule is CCn1c(SCC(=O)Nc2cccc([N+](=O)[O-])c2)nnc1-c1c[nH]c2ccccc12. The van der Waals surface area contributed by atoms with Crippen molar-refractivity contribution in [2.75, 3.05) is 11.1 Å². The maximum absolute atomic E-state index is 12.3. The second-order valence-electron chi connectivity index (χ2n) is 6.44. The number of fused-ring (bicyclic) bond motifs is 1. The average molecular weight is 422 g/mol. The van der Waals surface area contributed by atoms with E-state index >= 15 is 0 Å². The van der Waals surface area contributed by atoms with Crippen molar-refractivity contribution >= 4 is 39.9 Å². The van der Waals surface area contributed by atoms with Crippen LogP contribution in [0.4, 0.5) is 11.4 Å². The monoisotopic (exact) mass is 422 g/mol. The fourth-order valence-corrected chi connectivity index (χ4v) is 3.96. The standard InChI is InChI=1S/C20H18N6O3S/c1-2-25-19(16-11-21-17-9-4-3-8-15(16)17)23-24-20(25)30-12-18(27)22-13-6-5-7-14(10-13)26(28)29/h3-11,21H,2,12H2,1H3,(H,22,27). The summed E-state index contributed by atoms with van der Waals surface area (Å²) in [5.41, 5.74) is 2.28. The summed E-state index contributed by atoms with van der Waals surface area (Å²) in [7, 11) is 0. The molecule has 0 atom stereocenters. The van der Waals surface area contributed by atoms with Crippen LogP contribution in [0.1, 0.15) is 6.92 Å². The number of H-pyrrole nitrogens is 1. The lowest BCUT2D eigenvalue weighted by Gasteiger charge is -2.07. The number of benzene rings is 2. The van der Waals surface area contributed by atoms with E-state index in [-0.39, 0.29) is 17.3 Å². The third-order valence-electron chi connectivity index (χ3n) is 4.54. The molecule has 152 valence electrons. The molecule has 0 radical (unpaired) electrons. The first kappa shape index (κ1) is 19.6. The van der Waals surface area contributed by atoms with Crippen molar-refractivity contribution in [1.29, 1.82) is 0 Å². The third kappa shape index (κ3) is 3.90. The van der Waals surface area contributed by atoms with E-state index in [1.54, 1.807) is 6.07 Å². The summed E-state index contributed by atoms with van der Waals surface area (Å²) >= 11 is 1.27. The lowest BCUT2D eigenvalue weighted by molar-refractivity contribution is -0.384. The second-order valence-corrected chi connectivity index (χ2v) is 7.39. The van der Waals surface area contributed by atoms with Crippen molar-refractivity contribution in [3.63, 3.8) is 0 Å². The van der Waals surface area contributed by atoms with E-state index in [4.69, 9.17) is 0 Å². The van der Waals surface area contributed by atoms with Crippen LogP contribution in [-0.2, 0) is 11.3 Å². The topological polar surface area (TPSA) is 119 Å². The number of aromatic amines is 1. The van der Waals surface area contributed by atoms with Crippen molar-refractivity contribution < 1.29 is 9.72 Å². The summed E-state index contributed by atoms with van der Waals surface area (Å²) in [5.74, 6) is 0.561. The average Bonchev–Trinajstić information content (AvgIpc) is 3.35. The predicted octanol–water partition coefficient (Wildman–Crippen LogP) is 4.09. The van der Waals surface area contributed by atoms with E-state index in [0.29, 0.717) is 17.4 Å². The van der Waals surface area contributed by atoms with Gasteiger partial charge in [0.05, 0.1) is 10.7 Å². The Morgan fingerprint density at radius 3 is 2.87 bits per heavy atom. The van der Waals surface area contributed by atoms with E-state index in [0.717, 1.165) is 22.3 Å². The van der Waals surface area contributed by atoms with Gasteiger partial charge in [0.2, 0.25) is 5.91 Å². The molecule has 0 saturated carbocycles. The highest BCUT2D eigenvalue weighted by molar-refractivity contribution is 7.99. The van der Waals surface area contributed by atoms with Crippen LogP contribution in [0.25, 0.3) is 22.3 Å². The summed E-state index contributed by atoms with van der Waals surface area (Å²) in [6, 6.07) is 13.8. The Hall–Kier alpha value is -3.66. The number of rotatable bonds is 7. The van der Waals surface area contributed by atoms with Crippen LogP contribution >= 0.6 is 11.8 Å². The van der Waals surface area contributed by atoms with Crippen LogP contribution < -0.4 is 5.32 Å². The molecule has 4 aromatic rings. The summed E-state index contributed by atoms with van der Waals surface area (Å²) in [4.78, 5) is 25.9. The van der Waals surface area contributed by atoms with E-state index in [1.165, 1.54) is 30.0 Å². The number of para-hydroxylation sites is 1. The number of nitro benzene ring substituents is 1. The van der Waals surface area contributed by atoms with E-state index in [2.05, 4.69) is 20.5 Å². The molecule has 9 nitrogen and oxygen atoms in total. The number of hydrogen-bond acceptors (Lipinski definition) is 6. The number of anilines is 1. The van der Waals surface area contributed by atoms with Gasteiger partial charge in [-0.1, -0.05) is 36.0 Å². The van der Waals surface area contributed by atoms with Crippen molar-refractivity contribution in [1.82, 2.24) is 19.7 Å². The Morgan fingerprint density at radius 2 is 2.07 bits per heavy atom. The number of thioether (sulfide) groups is 1. The minimum absolute atomic E-state index is 0.0745. The smallest absolute Gasteiger partial charge is 0.271 e. The zero-order chi connectivity index (χ0) is 21.1. The Morgan fingerprint density at radius 1 is 1.23 bits per heavy atom. The maximum atomic E-state index is 12.3. The fraction of sp³-hybridized carbons (Fsp3) is 0.150. The van der Waals surface area contributed by atoms with Crippen molar-refractivity contribution in [3.05, 3.63) is 64.8 Å². The van der Waals surface area contributed by atoms with Gasteiger partial charge >= 0.3 is 0 Å². The van der Waals surface area contributed by atoms with Gasteiger partial charge in [-0.05, 0) is 19.1 Å². The molecule has 0 unspecified atom stereocenters. The van der Waals surface area contributed by atoms with Gasteiger partial charge in [-0.15, -0.1) is 10.2 Å². The van der Waals surface area contributed by atoms with Crippen LogP contribution in [0.15, 0.2) is 59.9 Å². The molecule has 2 aromatic heterocycles. The minimum Gasteiger partial charge on any atom is -0.360 e. The Kier molecular flexibility index (Phi) is 5.48. The zero-order valence-corrected chi connectivity index (χ0v) is 16.8. The molecule has 0 bridgehead atoms. The molecule has 30 heavy (non-hydrogen) atoms. The van der Waals surface area contributed by atoms with Crippen molar-refractivity contribution in [2.24, 2.45) is 0 Å². The van der Waals surface area contributed by atoms with Crippen LogP contribution in [-0.4, -0.2) is 36.3 Å². The zero-order valence-electron chi connectivity index (χ0n) is 16.0. The van der Waals surface area contributed by atoms with Gasteiger partial charge in [-0.25, -0.2) is 0 Å². The number of nitro groups is 1. The normalized spacial score (nSPS) is 11.0. The molecule has 10 heteroatoms. The number of aromatic nitrogens is 4. The molecule has 2 aromatic carbocycles. The summed E-state index contributed by atoms with van der Waals surface area (Å²) in [6.07, 6.45) is 1.91. The van der Waals surface area contributed by atoms with Gasteiger partial charge in [-0.2, -0.15) is 0 Å². The first-order valence-corrected chi connectivity index (χ1v) is 10.2. The summed E-state index contributed by atoms with van der Waals surface area (Å²) in [5, 5.41) is 23.8. The Bertz CT molecular complexity index is 1230. The highest BCUT2D eigenvalue weighted by Gasteiger charge is 2.17. The van der Waals surface area contributed by atoms with Gasteiger partial charge in [0.25, 0.3) is 5.69 Å². The molecule has 2 heterocycles. The van der Waals surface area contributed by atoms with Crippen LogP contribution in [0.5, 0.6) is 0 Å². The first-order valence-electron chi connectivity index (χ1n) is 9.23. The molecule has 0 fully saturated rings. The molecule has 1 amide bonds. The lowest BCUT2D eigenvalue weighted by Crippen LogP contribution is -2.14. The number of amides is 1. The molecular formula is C20H18N6O3S. The number of non-ortho nitro benzene ring substituents is 1. The predicted molar refractivity (Wildman–Crippen MR) is 115 cm³/mol. The Labute approximate surface area is 175 Å². The van der Waals surface area contributed by atoms with Crippen molar-refractivity contribution in [3.8, 4) is 11.4 Å². The van der Waals surface area contributed by atoms with E-state index < -0.39 is 4.92 Å². The van der Waals surface area contributed by atoms with Gasteiger partial charge in [0, 0.05) is 47.0 Å². The van der Waals surface area contributed by atoms with Gasteiger partial charge in [0.1, 0.15) is 0 Å². The first-order chi connectivity index (χ1) is 14.6. The lowest BCUT2D eigenvalue weighted by atomic mass is 10.1. The molecule has 0 aliphatic carbocycles. The number of nitrogens with zero attached hydrogens (tertiary/aromatic N) is 4. The van der Waals surface area contributed by atoms with E-state index in [1.807, 2.05) is 42.0 Å². The summed E-state index contributed by atoms with van der Waals surface area (Å²) in [6.45, 7) is 2.64. The number of nitrogens with one attached hydrogen (secondary N) is 2. The number of carbonyl (C=O) groups excluding carboxylic acids is 1. The minimum atomic E-state index is -0.500. The molecular weight excluding hydrogens is 404 g/mol. The molecule has 4 rings (SSSR count). The largest absolute Gasteiger partial charge is 0.360 e. The van der Waals surface area contributed by atoms with Gasteiger partial charge in [0.15, 0.2) is 11.0 Å². The van der Waals surface area contributed by atoms with Gasteiger partial charge < -0.3 is 14.9 Å². The highest BCUT2D eigenvalue weighted by Crippen LogP contribution is 2.30. The molecule has 0 spiro atoms. The second kappa shape index (κ2) is 8.37. The number of hydrogen-bond donors (Lipinski definition) is 2.